The van der Waals surface area contributed by atoms with Gasteiger partial charge in [0.25, 0.3) is 0 Å². The van der Waals surface area contributed by atoms with Crippen molar-refractivity contribution in [1.82, 2.24) is 0 Å². The highest BCUT2D eigenvalue weighted by Gasteiger charge is 2.27. The molecule has 0 saturated heterocycles. The Morgan fingerprint density at radius 1 is 1.23 bits per heavy atom. The molecule has 65 valence electrons. The summed E-state index contributed by atoms with van der Waals surface area (Å²) in [4.78, 5) is 0. The molecule has 1 fully saturated rings. The van der Waals surface area contributed by atoms with E-state index < -0.39 is 0 Å². The summed E-state index contributed by atoms with van der Waals surface area (Å²) in [5.74, 6) is 0.712. The lowest BCUT2D eigenvalue weighted by molar-refractivity contribution is 0.502. The fourth-order valence-electron chi connectivity index (χ4n) is 2.60. The summed E-state index contributed by atoms with van der Waals surface area (Å²) in [7, 11) is 0. The van der Waals surface area contributed by atoms with Crippen LogP contribution in [0.5, 0.6) is 0 Å². The van der Waals surface area contributed by atoms with Crippen LogP contribution in [0.25, 0.3) is 0 Å². The van der Waals surface area contributed by atoms with Gasteiger partial charge in [-0.3, -0.25) is 0 Å². The van der Waals surface area contributed by atoms with Gasteiger partial charge in [0.2, 0.25) is 0 Å². The standard InChI is InChI=1S/C13H13/c1-2-6-12-10(4-1)8-9-11-5-3-7-13(11)12/h3,5,8-9,12H,1-2,4,6H2. The van der Waals surface area contributed by atoms with Crippen LogP contribution in [0, 0.1) is 12.0 Å². The molecule has 3 rings (SSSR count). The Morgan fingerprint density at radius 2 is 2.23 bits per heavy atom. The molecule has 0 aromatic heterocycles. The zero-order chi connectivity index (χ0) is 8.67. The van der Waals surface area contributed by atoms with Gasteiger partial charge in [-0.15, -0.1) is 0 Å². The van der Waals surface area contributed by atoms with Crippen LogP contribution in [0.15, 0.2) is 41.0 Å². The van der Waals surface area contributed by atoms with Crippen molar-refractivity contribution in [3.8, 4) is 0 Å². The third kappa shape index (κ3) is 1.05. The van der Waals surface area contributed by atoms with Crippen LogP contribution in [-0.2, 0) is 0 Å². The second kappa shape index (κ2) is 2.73. The predicted octanol–water partition coefficient (Wildman–Crippen LogP) is 3.34. The Kier molecular flexibility index (Phi) is 1.55. The normalized spacial score (nSPS) is 30.2. The fraction of sp³-hybridized carbons (Fsp3) is 0.385. The Hall–Kier alpha value is -1.04. The lowest BCUT2D eigenvalue weighted by Gasteiger charge is -2.29. The largest absolute Gasteiger partial charge is 0.0627 e. The van der Waals surface area contributed by atoms with Crippen molar-refractivity contribution in [3.05, 3.63) is 47.1 Å². The van der Waals surface area contributed by atoms with Gasteiger partial charge in [-0.05, 0) is 36.5 Å². The Balaban J connectivity index is 2.03. The van der Waals surface area contributed by atoms with E-state index in [-0.39, 0.29) is 0 Å². The summed E-state index contributed by atoms with van der Waals surface area (Å²) in [6.45, 7) is 0. The molecule has 1 radical (unpaired) electrons. The number of allylic oxidation sites excluding steroid dienone is 8. The Morgan fingerprint density at radius 3 is 3.23 bits per heavy atom. The molecule has 1 atom stereocenters. The van der Waals surface area contributed by atoms with E-state index in [1.165, 1.54) is 36.8 Å². The van der Waals surface area contributed by atoms with E-state index in [0.717, 1.165) is 0 Å². The number of fused-ring (bicyclic) bond motifs is 3. The molecule has 0 nitrogen and oxygen atoms in total. The van der Waals surface area contributed by atoms with Gasteiger partial charge in [0.05, 0.1) is 0 Å². The van der Waals surface area contributed by atoms with E-state index in [2.05, 4.69) is 30.4 Å². The highest BCUT2D eigenvalue weighted by Crippen LogP contribution is 2.41. The maximum atomic E-state index is 3.38. The fourth-order valence-corrected chi connectivity index (χ4v) is 2.60. The predicted molar refractivity (Wildman–Crippen MR) is 54.0 cm³/mol. The molecule has 0 aromatic carbocycles. The van der Waals surface area contributed by atoms with Crippen LogP contribution in [-0.4, -0.2) is 0 Å². The zero-order valence-corrected chi connectivity index (χ0v) is 7.72. The highest BCUT2D eigenvalue weighted by molar-refractivity contribution is 5.54. The van der Waals surface area contributed by atoms with Gasteiger partial charge >= 0.3 is 0 Å². The monoisotopic (exact) mass is 169 g/mol. The molecular formula is C13H13. The van der Waals surface area contributed by atoms with Crippen LogP contribution in [0.2, 0.25) is 0 Å². The minimum absolute atomic E-state index is 0.712. The maximum Gasteiger partial charge on any atom is 0.00633 e. The lowest BCUT2D eigenvalue weighted by Crippen LogP contribution is -2.15. The number of hydrogen-bond donors (Lipinski definition) is 0. The summed E-state index contributed by atoms with van der Waals surface area (Å²) >= 11 is 0. The molecule has 0 N–H and O–H groups in total. The molecule has 0 aromatic rings. The van der Waals surface area contributed by atoms with E-state index in [1.807, 2.05) is 0 Å². The van der Waals surface area contributed by atoms with E-state index in [4.69, 9.17) is 0 Å². The van der Waals surface area contributed by atoms with Gasteiger partial charge in [-0.2, -0.15) is 0 Å². The molecule has 1 unspecified atom stereocenters. The van der Waals surface area contributed by atoms with Crippen molar-refractivity contribution >= 4 is 0 Å². The summed E-state index contributed by atoms with van der Waals surface area (Å²) in [5, 5.41) is 0. The Bertz CT molecular complexity index is 350. The van der Waals surface area contributed by atoms with Crippen LogP contribution in [0.4, 0.5) is 0 Å². The van der Waals surface area contributed by atoms with E-state index in [1.54, 1.807) is 5.57 Å². The molecule has 1 saturated carbocycles. The van der Waals surface area contributed by atoms with Crippen molar-refractivity contribution < 1.29 is 0 Å². The van der Waals surface area contributed by atoms with Gasteiger partial charge in [-0.1, -0.05) is 36.3 Å². The molecule has 13 heavy (non-hydrogen) atoms. The van der Waals surface area contributed by atoms with Crippen molar-refractivity contribution in [2.24, 2.45) is 5.92 Å². The first-order chi connectivity index (χ1) is 6.45. The van der Waals surface area contributed by atoms with E-state index in [9.17, 15) is 0 Å². The minimum atomic E-state index is 0.712. The first-order valence-corrected chi connectivity index (χ1v) is 5.16. The molecule has 0 heterocycles. The van der Waals surface area contributed by atoms with Gasteiger partial charge in [0, 0.05) is 5.92 Å². The molecule has 0 heteroatoms. The summed E-state index contributed by atoms with van der Waals surface area (Å²) < 4.78 is 0. The van der Waals surface area contributed by atoms with Gasteiger partial charge in [0.15, 0.2) is 0 Å². The number of rotatable bonds is 0. The third-order valence-electron chi connectivity index (χ3n) is 3.29. The second-order valence-electron chi connectivity index (χ2n) is 4.05. The van der Waals surface area contributed by atoms with Crippen LogP contribution < -0.4 is 0 Å². The summed E-state index contributed by atoms with van der Waals surface area (Å²) in [5.41, 5.74) is 4.49. The highest BCUT2D eigenvalue weighted by atomic mass is 14.3. The van der Waals surface area contributed by atoms with Crippen molar-refractivity contribution in [3.63, 3.8) is 0 Å². The molecule has 0 spiro atoms. The SMILES string of the molecule is [C]1=C2C(=CC=C3CCCCC23)C=C1. The van der Waals surface area contributed by atoms with Crippen molar-refractivity contribution in [2.45, 2.75) is 25.7 Å². The molecule has 0 bridgehead atoms. The number of hydrogen-bond acceptors (Lipinski definition) is 0. The van der Waals surface area contributed by atoms with Gasteiger partial charge < -0.3 is 0 Å². The summed E-state index contributed by atoms with van der Waals surface area (Å²) in [6, 6.07) is 0. The molecule has 3 aliphatic rings. The summed E-state index contributed by atoms with van der Waals surface area (Å²) in [6.07, 6.45) is 17.6. The zero-order valence-electron chi connectivity index (χ0n) is 7.72. The minimum Gasteiger partial charge on any atom is -0.0627 e. The Labute approximate surface area is 79.3 Å². The van der Waals surface area contributed by atoms with Crippen LogP contribution in [0.1, 0.15) is 25.7 Å². The average Bonchev–Trinajstić information content (AvgIpc) is 2.65. The second-order valence-corrected chi connectivity index (χ2v) is 4.05. The average molecular weight is 169 g/mol. The van der Waals surface area contributed by atoms with E-state index in [0.29, 0.717) is 5.92 Å². The van der Waals surface area contributed by atoms with Crippen LogP contribution >= 0.6 is 0 Å². The molecule has 0 aliphatic heterocycles. The molecule has 0 amide bonds. The van der Waals surface area contributed by atoms with Crippen LogP contribution in [0.3, 0.4) is 0 Å². The lowest BCUT2D eigenvalue weighted by atomic mass is 9.75. The smallest absolute Gasteiger partial charge is 0.00633 e. The van der Waals surface area contributed by atoms with Crippen molar-refractivity contribution in [2.75, 3.05) is 0 Å². The molecule has 3 aliphatic carbocycles. The maximum absolute atomic E-state index is 3.38. The quantitative estimate of drug-likeness (QED) is 0.521. The third-order valence-corrected chi connectivity index (χ3v) is 3.29. The first-order valence-electron chi connectivity index (χ1n) is 5.16. The van der Waals surface area contributed by atoms with Crippen molar-refractivity contribution in [1.29, 1.82) is 0 Å². The first kappa shape index (κ1) is 7.37. The van der Waals surface area contributed by atoms with Gasteiger partial charge in [0.1, 0.15) is 0 Å². The van der Waals surface area contributed by atoms with E-state index >= 15 is 0 Å². The topological polar surface area (TPSA) is 0 Å². The van der Waals surface area contributed by atoms with Gasteiger partial charge in [-0.25, -0.2) is 0 Å². The molecular weight excluding hydrogens is 156 g/mol.